The number of hydrogen-bond acceptors (Lipinski definition) is 3. The van der Waals surface area contributed by atoms with Crippen LogP contribution in [0, 0.1) is 0 Å². The second-order valence-electron chi connectivity index (χ2n) is 6.24. The summed E-state index contributed by atoms with van der Waals surface area (Å²) < 4.78 is 0. The molecule has 25 heavy (non-hydrogen) atoms. The van der Waals surface area contributed by atoms with Gasteiger partial charge in [-0.25, -0.2) is 0 Å². The molecule has 0 fully saturated rings. The summed E-state index contributed by atoms with van der Waals surface area (Å²) in [7, 11) is 3.84. The smallest absolute Gasteiger partial charge is 0.303 e. The van der Waals surface area contributed by atoms with Crippen LogP contribution in [-0.4, -0.2) is 37.1 Å². The normalized spacial score (nSPS) is 11.6. The van der Waals surface area contributed by atoms with Crippen molar-refractivity contribution < 1.29 is 14.7 Å². The average molecular weight is 340 g/mol. The van der Waals surface area contributed by atoms with Crippen molar-refractivity contribution in [3.8, 4) is 0 Å². The fraction of sp³-hybridized carbons (Fsp3) is 0.300. The summed E-state index contributed by atoms with van der Waals surface area (Å²) >= 11 is 0. The Morgan fingerprint density at radius 3 is 2.44 bits per heavy atom. The van der Waals surface area contributed by atoms with Crippen molar-refractivity contribution in [2.24, 2.45) is 0 Å². The molecule has 1 unspecified atom stereocenters. The quantitative estimate of drug-likeness (QED) is 0.775. The molecule has 0 radical (unpaired) electrons. The molecule has 0 saturated carbocycles. The molecule has 1 amide bonds. The molecule has 2 aromatic rings. The molecule has 0 aliphatic rings. The van der Waals surface area contributed by atoms with Gasteiger partial charge in [0.15, 0.2) is 0 Å². The summed E-state index contributed by atoms with van der Waals surface area (Å²) in [5.74, 6) is -1.04. The number of hydrogen-bond donors (Lipinski definition) is 2. The van der Waals surface area contributed by atoms with Crippen LogP contribution in [0.4, 0.5) is 5.69 Å². The van der Waals surface area contributed by atoms with Crippen molar-refractivity contribution in [1.82, 2.24) is 5.32 Å². The Morgan fingerprint density at radius 1 is 1.08 bits per heavy atom. The molecule has 0 aromatic heterocycles. The fourth-order valence-electron chi connectivity index (χ4n) is 2.62. The van der Waals surface area contributed by atoms with E-state index in [9.17, 15) is 9.59 Å². The Kier molecular flexibility index (Phi) is 6.57. The first-order valence-corrected chi connectivity index (χ1v) is 8.29. The minimum atomic E-state index is -0.859. The number of amides is 1. The van der Waals surface area contributed by atoms with Crippen molar-refractivity contribution in [3.63, 3.8) is 0 Å². The highest BCUT2D eigenvalue weighted by atomic mass is 16.4. The lowest BCUT2D eigenvalue weighted by atomic mass is 10.0. The molecule has 1 atom stereocenters. The van der Waals surface area contributed by atoms with Crippen molar-refractivity contribution >= 4 is 17.6 Å². The Bertz CT molecular complexity index is 714. The van der Waals surface area contributed by atoms with Crippen LogP contribution < -0.4 is 10.2 Å². The number of rotatable bonds is 8. The third-order valence-corrected chi connectivity index (χ3v) is 3.99. The molecule has 0 bridgehead atoms. The van der Waals surface area contributed by atoms with Gasteiger partial charge in [-0.3, -0.25) is 9.59 Å². The molecule has 2 aromatic carbocycles. The van der Waals surface area contributed by atoms with Gasteiger partial charge in [0.1, 0.15) is 0 Å². The van der Waals surface area contributed by atoms with E-state index in [0.29, 0.717) is 18.4 Å². The predicted octanol–water partition coefficient (Wildman–Crippen LogP) is 2.96. The molecule has 2 rings (SSSR count). The van der Waals surface area contributed by atoms with E-state index in [-0.39, 0.29) is 18.4 Å². The summed E-state index contributed by atoms with van der Waals surface area (Å²) in [5, 5.41) is 11.9. The average Bonchev–Trinajstić information content (AvgIpc) is 2.60. The first-order chi connectivity index (χ1) is 12.0. The lowest BCUT2D eigenvalue weighted by Crippen LogP contribution is -2.37. The molecule has 0 heterocycles. The van der Waals surface area contributed by atoms with Gasteiger partial charge in [-0.2, -0.15) is 0 Å². The van der Waals surface area contributed by atoms with Crippen molar-refractivity contribution in [1.29, 1.82) is 0 Å². The molecular weight excluding hydrogens is 316 g/mol. The van der Waals surface area contributed by atoms with E-state index in [0.717, 1.165) is 11.3 Å². The van der Waals surface area contributed by atoms with E-state index >= 15 is 0 Å². The largest absolute Gasteiger partial charge is 0.481 e. The zero-order valence-electron chi connectivity index (χ0n) is 14.6. The number of anilines is 1. The molecule has 0 aliphatic heterocycles. The van der Waals surface area contributed by atoms with E-state index in [1.165, 1.54) is 0 Å². The van der Waals surface area contributed by atoms with Crippen LogP contribution in [0.25, 0.3) is 0 Å². The van der Waals surface area contributed by atoms with Crippen LogP contribution in [0.15, 0.2) is 54.6 Å². The molecule has 5 heteroatoms. The summed E-state index contributed by atoms with van der Waals surface area (Å²) in [4.78, 5) is 25.4. The highest BCUT2D eigenvalue weighted by molar-refractivity contribution is 5.95. The third-order valence-electron chi connectivity index (χ3n) is 3.99. The number of benzene rings is 2. The van der Waals surface area contributed by atoms with Gasteiger partial charge in [-0.15, -0.1) is 0 Å². The summed E-state index contributed by atoms with van der Waals surface area (Å²) in [6, 6.07) is 16.9. The van der Waals surface area contributed by atoms with Gasteiger partial charge in [0, 0.05) is 37.8 Å². The van der Waals surface area contributed by atoms with E-state index in [1.807, 2.05) is 67.5 Å². The molecule has 0 aliphatic carbocycles. The first kappa shape index (κ1) is 18.5. The zero-order valence-corrected chi connectivity index (χ0v) is 14.6. The molecule has 5 nitrogen and oxygen atoms in total. The number of carbonyl (C=O) groups excluding carboxylic acids is 1. The van der Waals surface area contributed by atoms with Crippen molar-refractivity contribution in [2.45, 2.75) is 25.3 Å². The van der Waals surface area contributed by atoms with Crippen LogP contribution in [0.1, 0.15) is 28.8 Å². The monoisotopic (exact) mass is 340 g/mol. The van der Waals surface area contributed by atoms with Crippen LogP contribution in [-0.2, 0) is 11.2 Å². The van der Waals surface area contributed by atoms with Gasteiger partial charge in [0.25, 0.3) is 5.91 Å². The van der Waals surface area contributed by atoms with Gasteiger partial charge in [0.05, 0.1) is 0 Å². The molecule has 132 valence electrons. The Hall–Kier alpha value is -2.82. The molecule has 0 spiro atoms. The van der Waals surface area contributed by atoms with Gasteiger partial charge in [-0.05, 0) is 36.6 Å². The lowest BCUT2D eigenvalue weighted by molar-refractivity contribution is -0.137. The minimum Gasteiger partial charge on any atom is -0.481 e. The van der Waals surface area contributed by atoms with E-state index in [4.69, 9.17) is 5.11 Å². The molecular formula is C20H24N2O3. The lowest BCUT2D eigenvalue weighted by Gasteiger charge is -2.19. The Balaban J connectivity index is 2.10. The van der Waals surface area contributed by atoms with Gasteiger partial charge in [0.2, 0.25) is 0 Å². The summed E-state index contributed by atoms with van der Waals surface area (Å²) in [5.41, 5.74) is 2.58. The number of carbonyl (C=O) groups is 2. The van der Waals surface area contributed by atoms with Gasteiger partial charge < -0.3 is 15.3 Å². The van der Waals surface area contributed by atoms with Crippen LogP contribution in [0.3, 0.4) is 0 Å². The number of carboxylic acids is 1. The number of nitrogens with one attached hydrogen (secondary N) is 1. The maximum absolute atomic E-state index is 12.6. The number of nitrogens with zero attached hydrogens (tertiary/aromatic N) is 1. The van der Waals surface area contributed by atoms with Crippen molar-refractivity contribution in [2.75, 3.05) is 19.0 Å². The van der Waals surface area contributed by atoms with Crippen LogP contribution >= 0.6 is 0 Å². The van der Waals surface area contributed by atoms with E-state index in [1.54, 1.807) is 6.07 Å². The molecule has 0 saturated heterocycles. The predicted molar refractivity (Wildman–Crippen MR) is 99.0 cm³/mol. The maximum atomic E-state index is 12.6. The van der Waals surface area contributed by atoms with E-state index < -0.39 is 5.97 Å². The topological polar surface area (TPSA) is 69.6 Å². The summed E-state index contributed by atoms with van der Waals surface area (Å²) in [6.45, 7) is 0. The van der Waals surface area contributed by atoms with Crippen molar-refractivity contribution in [3.05, 3.63) is 65.7 Å². The number of aliphatic carboxylic acids is 1. The van der Waals surface area contributed by atoms with Gasteiger partial charge >= 0.3 is 5.97 Å². The SMILES string of the molecule is CN(C)c1cccc(C(=O)NC(CCC(=O)O)Cc2ccccc2)c1. The zero-order chi connectivity index (χ0) is 18.2. The number of carboxylic acid groups (broad SMARTS) is 1. The third kappa shape index (κ3) is 5.95. The maximum Gasteiger partial charge on any atom is 0.303 e. The highest BCUT2D eigenvalue weighted by Gasteiger charge is 2.16. The van der Waals surface area contributed by atoms with Gasteiger partial charge in [-0.1, -0.05) is 36.4 Å². The Labute approximate surface area is 148 Å². The second-order valence-corrected chi connectivity index (χ2v) is 6.24. The Morgan fingerprint density at radius 2 is 1.80 bits per heavy atom. The molecule has 2 N–H and O–H groups in total. The highest BCUT2D eigenvalue weighted by Crippen LogP contribution is 2.14. The van der Waals surface area contributed by atoms with Crippen LogP contribution in [0.5, 0.6) is 0 Å². The van der Waals surface area contributed by atoms with E-state index in [2.05, 4.69) is 5.32 Å². The minimum absolute atomic E-state index is 0.0233. The first-order valence-electron chi connectivity index (χ1n) is 8.29. The fourth-order valence-corrected chi connectivity index (χ4v) is 2.62. The standard InChI is InChI=1S/C20H24N2O3/c1-22(2)18-10-6-9-16(14-18)20(25)21-17(11-12-19(23)24)13-15-7-4-3-5-8-15/h3-10,14,17H,11-13H2,1-2H3,(H,21,25)(H,23,24). The summed E-state index contributed by atoms with van der Waals surface area (Å²) in [6.07, 6.45) is 1.02. The van der Waals surface area contributed by atoms with Crippen LogP contribution in [0.2, 0.25) is 0 Å². The second kappa shape index (κ2) is 8.87.